The third kappa shape index (κ3) is 47.7. The van der Waals surface area contributed by atoms with E-state index in [9.17, 15) is 19.8 Å². The molecular formula is C55H105NO5. The van der Waals surface area contributed by atoms with Crippen LogP contribution in [0.15, 0.2) is 24.3 Å². The Bertz CT molecular complexity index is 951. The first-order chi connectivity index (χ1) is 30.0. The monoisotopic (exact) mass is 860 g/mol. The van der Waals surface area contributed by atoms with Gasteiger partial charge in [0.2, 0.25) is 5.91 Å². The molecule has 0 bridgehead atoms. The van der Waals surface area contributed by atoms with Crippen LogP contribution in [0.2, 0.25) is 0 Å². The van der Waals surface area contributed by atoms with Crippen molar-refractivity contribution in [2.24, 2.45) is 0 Å². The predicted octanol–water partition coefficient (Wildman–Crippen LogP) is 16.3. The molecule has 0 aromatic heterocycles. The summed E-state index contributed by atoms with van der Waals surface area (Å²) in [5, 5.41) is 22.9. The molecule has 0 aliphatic rings. The van der Waals surface area contributed by atoms with Gasteiger partial charge in [0.15, 0.2) is 0 Å². The van der Waals surface area contributed by atoms with Crippen LogP contribution in [0.4, 0.5) is 0 Å². The standard InChI is InChI=1S/C55H105NO5/c1-3-5-7-9-11-13-14-15-26-29-33-37-41-45-49-55(60)61-50-46-42-38-34-30-27-24-22-20-18-16-17-19-21-23-25-28-32-36-40-44-48-54(59)56-52(51-57)53(58)47-43-39-35-31-12-10-8-6-4-2/h17,19,43,47,52-53,57-58H,3-16,18,20-42,44-46,48-51H2,1-2H3,(H,56,59)/b19-17-,47-43+. The van der Waals surface area contributed by atoms with E-state index in [4.69, 9.17) is 4.74 Å². The third-order valence-corrected chi connectivity index (χ3v) is 12.5. The smallest absolute Gasteiger partial charge is 0.305 e. The Labute approximate surface area is 380 Å². The van der Waals surface area contributed by atoms with Gasteiger partial charge in [-0.05, 0) is 57.8 Å². The highest BCUT2D eigenvalue weighted by Gasteiger charge is 2.18. The zero-order chi connectivity index (χ0) is 44.4. The van der Waals surface area contributed by atoms with Crippen molar-refractivity contribution in [2.45, 2.75) is 302 Å². The van der Waals surface area contributed by atoms with E-state index >= 15 is 0 Å². The summed E-state index contributed by atoms with van der Waals surface area (Å²) in [5.41, 5.74) is 0. The summed E-state index contributed by atoms with van der Waals surface area (Å²) in [6.45, 7) is 4.87. The molecule has 61 heavy (non-hydrogen) atoms. The van der Waals surface area contributed by atoms with Crippen LogP contribution >= 0.6 is 0 Å². The number of esters is 1. The van der Waals surface area contributed by atoms with Gasteiger partial charge in [0.1, 0.15) is 0 Å². The van der Waals surface area contributed by atoms with E-state index in [-0.39, 0.29) is 18.5 Å². The normalized spacial score (nSPS) is 12.8. The highest BCUT2D eigenvalue weighted by molar-refractivity contribution is 5.76. The number of aliphatic hydroxyl groups is 2. The number of nitrogens with one attached hydrogen (secondary N) is 1. The molecule has 2 atom stereocenters. The maximum atomic E-state index is 12.4. The van der Waals surface area contributed by atoms with Crippen molar-refractivity contribution in [1.82, 2.24) is 5.32 Å². The molecule has 0 spiro atoms. The second-order valence-corrected chi connectivity index (χ2v) is 18.6. The van der Waals surface area contributed by atoms with E-state index in [2.05, 4.69) is 31.3 Å². The lowest BCUT2D eigenvalue weighted by atomic mass is 10.0. The molecule has 0 rings (SSSR count). The van der Waals surface area contributed by atoms with Crippen LogP contribution in [0, 0.1) is 0 Å². The highest BCUT2D eigenvalue weighted by Crippen LogP contribution is 2.16. The second-order valence-electron chi connectivity index (χ2n) is 18.6. The van der Waals surface area contributed by atoms with Crippen LogP contribution < -0.4 is 5.32 Å². The van der Waals surface area contributed by atoms with Crippen molar-refractivity contribution in [3.05, 3.63) is 24.3 Å². The molecule has 6 nitrogen and oxygen atoms in total. The number of hydrogen-bond acceptors (Lipinski definition) is 5. The number of amides is 1. The van der Waals surface area contributed by atoms with Gasteiger partial charge < -0.3 is 20.3 Å². The number of carbonyl (C=O) groups excluding carboxylic acids is 2. The van der Waals surface area contributed by atoms with Gasteiger partial charge in [-0.1, -0.05) is 244 Å². The molecule has 0 aromatic rings. The SMILES string of the molecule is CCCCCCCCC/C=C/C(O)C(CO)NC(=O)CCCCCCCCC/C=C\CCCCCCCCCCCCOC(=O)CCCCCCCCCCCCCCCC. The van der Waals surface area contributed by atoms with E-state index in [0.29, 0.717) is 19.4 Å². The number of hydrogen-bond donors (Lipinski definition) is 3. The Kier molecular flexibility index (Phi) is 49.6. The fourth-order valence-corrected chi connectivity index (χ4v) is 8.27. The van der Waals surface area contributed by atoms with Gasteiger partial charge in [0, 0.05) is 12.8 Å². The van der Waals surface area contributed by atoms with Gasteiger partial charge in [-0.15, -0.1) is 0 Å². The Morgan fingerprint density at radius 1 is 0.443 bits per heavy atom. The van der Waals surface area contributed by atoms with Crippen molar-refractivity contribution in [3.63, 3.8) is 0 Å². The molecule has 1 amide bonds. The van der Waals surface area contributed by atoms with Crippen LogP contribution in [-0.4, -0.2) is 47.4 Å². The molecule has 2 unspecified atom stereocenters. The molecule has 0 aliphatic carbocycles. The number of rotatable bonds is 50. The van der Waals surface area contributed by atoms with Gasteiger partial charge in [-0.3, -0.25) is 9.59 Å². The largest absolute Gasteiger partial charge is 0.466 e. The zero-order valence-corrected chi connectivity index (χ0v) is 40.9. The first-order valence-corrected chi connectivity index (χ1v) is 27.1. The molecular weight excluding hydrogens is 755 g/mol. The summed E-state index contributed by atoms with van der Waals surface area (Å²) >= 11 is 0. The average Bonchev–Trinajstić information content (AvgIpc) is 3.26. The summed E-state index contributed by atoms with van der Waals surface area (Å²) in [6.07, 6.45) is 60.6. The van der Waals surface area contributed by atoms with Gasteiger partial charge in [-0.2, -0.15) is 0 Å². The lowest BCUT2D eigenvalue weighted by Gasteiger charge is -2.20. The van der Waals surface area contributed by atoms with Crippen molar-refractivity contribution >= 4 is 11.9 Å². The zero-order valence-electron chi connectivity index (χ0n) is 40.9. The van der Waals surface area contributed by atoms with Crippen LogP contribution in [0.5, 0.6) is 0 Å². The molecule has 0 aromatic carbocycles. The Hall–Kier alpha value is -1.66. The van der Waals surface area contributed by atoms with Crippen molar-refractivity contribution in [1.29, 1.82) is 0 Å². The third-order valence-electron chi connectivity index (χ3n) is 12.5. The van der Waals surface area contributed by atoms with E-state index < -0.39 is 12.1 Å². The number of carbonyl (C=O) groups is 2. The molecule has 0 saturated heterocycles. The Morgan fingerprint density at radius 3 is 1.16 bits per heavy atom. The first-order valence-electron chi connectivity index (χ1n) is 27.1. The lowest BCUT2D eigenvalue weighted by molar-refractivity contribution is -0.143. The fourth-order valence-electron chi connectivity index (χ4n) is 8.27. The molecule has 360 valence electrons. The predicted molar refractivity (Wildman–Crippen MR) is 264 cm³/mol. The number of allylic oxidation sites excluding steroid dienone is 3. The Morgan fingerprint density at radius 2 is 0.770 bits per heavy atom. The van der Waals surface area contributed by atoms with Gasteiger partial charge in [0.25, 0.3) is 0 Å². The summed E-state index contributed by atoms with van der Waals surface area (Å²) in [5.74, 6) is -0.0690. The molecule has 3 N–H and O–H groups in total. The molecule has 0 heterocycles. The maximum absolute atomic E-state index is 12.4. The molecule has 6 heteroatoms. The summed E-state index contributed by atoms with van der Waals surface area (Å²) in [4.78, 5) is 24.4. The van der Waals surface area contributed by atoms with Gasteiger partial charge >= 0.3 is 5.97 Å². The highest BCUT2D eigenvalue weighted by atomic mass is 16.5. The van der Waals surface area contributed by atoms with Crippen LogP contribution in [0.25, 0.3) is 0 Å². The quantitative estimate of drug-likeness (QED) is 0.0322. The van der Waals surface area contributed by atoms with Crippen molar-refractivity contribution in [2.75, 3.05) is 13.2 Å². The maximum Gasteiger partial charge on any atom is 0.305 e. The van der Waals surface area contributed by atoms with Gasteiger partial charge in [0.05, 0.1) is 25.4 Å². The van der Waals surface area contributed by atoms with Crippen molar-refractivity contribution in [3.8, 4) is 0 Å². The van der Waals surface area contributed by atoms with E-state index in [0.717, 1.165) is 44.9 Å². The van der Waals surface area contributed by atoms with Crippen LogP contribution in [-0.2, 0) is 14.3 Å². The summed E-state index contributed by atoms with van der Waals surface area (Å²) in [6, 6.07) is -0.631. The number of unbranched alkanes of at least 4 members (excludes halogenated alkanes) is 37. The lowest BCUT2D eigenvalue weighted by Crippen LogP contribution is -2.45. The first kappa shape index (κ1) is 59.3. The van der Waals surface area contributed by atoms with Gasteiger partial charge in [-0.25, -0.2) is 0 Å². The minimum Gasteiger partial charge on any atom is -0.466 e. The van der Waals surface area contributed by atoms with E-state index in [1.165, 1.54) is 218 Å². The van der Waals surface area contributed by atoms with Crippen LogP contribution in [0.3, 0.4) is 0 Å². The second kappa shape index (κ2) is 51.0. The average molecular weight is 860 g/mol. The molecule has 0 saturated carbocycles. The van der Waals surface area contributed by atoms with Crippen molar-refractivity contribution < 1.29 is 24.5 Å². The summed E-state index contributed by atoms with van der Waals surface area (Å²) in [7, 11) is 0. The molecule has 0 fully saturated rings. The minimum absolute atomic E-state index is 0.00943. The van der Waals surface area contributed by atoms with E-state index in [1.54, 1.807) is 6.08 Å². The number of aliphatic hydroxyl groups excluding tert-OH is 2. The molecule has 0 radical (unpaired) electrons. The number of ether oxygens (including phenoxy) is 1. The van der Waals surface area contributed by atoms with Crippen LogP contribution in [0.1, 0.15) is 290 Å². The fraction of sp³-hybridized carbons (Fsp3) is 0.891. The Balaban J connectivity index is 3.40. The summed E-state index contributed by atoms with van der Waals surface area (Å²) < 4.78 is 5.47. The van der Waals surface area contributed by atoms with E-state index in [1.807, 2.05) is 6.08 Å². The topological polar surface area (TPSA) is 95.9 Å². The minimum atomic E-state index is -0.846. The molecule has 0 aliphatic heterocycles.